The van der Waals surface area contributed by atoms with Crippen LogP contribution in [0.3, 0.4) is 0 Å². The van der Waals surface area contributed by atoms with E-state index in [1.807, 2.05) is 0 Å². The van der Waals surface area contributed by atoms with Crippen molar-refractivity contribution < 1.29 is 17.9 Å². The summed E-state index contributed by atoms with van der Waals surface area (Å²) in [7, 11) is -2.99. The molecule has 2 rings (SSSR count). The maximum atomic E-state index is 11.8. The minimum Gasteiger partial charge on any atom is -0.377 e. The number of sulfone groups is 1. The molecule has 2 aliphatic heterocycles. The first kappa shape index (κ1) is 14.2. The molecule has 2 saturated heterocycles. The Bertz CT molecular complexity index is 332. The van der Waals surface area contributed by atoms with Gasteiger partial charge in [-0.2, -0.15) is 0 Å². The smallest absolute Gasteiger partial charge is 0.154 e. The third-order valence-electron chi connectivity index (χ3n) is 3.45. The third-order valence-corrected chi connectivity index (χ3v) is 5.16. The lowest BCUT2D eigenvalue weighted by atomic mass is 10.2. The van der Waals surface area contributed by atoms with Gasteiger partial charge in [-0.25, -0.2) is 8.42 Å². The SMILES string of the molecule is O=S(=O)(CCNCC1CCCO1)CC1CCCO1. The van der Waals surface area contributed by atoms with Crippen LogP contribution in [0, 0.1) is 0 Å². The van der Waals surface area contributed by atoms with Gasteiger partial charge in [0.25, 0.3) is 0 Å². The summed E-state index contributed by atoms with van der Waals surface area (Å²) in [6.45, 7) is 2.81. The molecule has 2 heterocycles. The molecule has 2 fully saturated rings. The van der Waals surface area contributed by atoms with Crippen LogP contribution < -0.4 is 5.32 Å². The second-order valence-electron chi connectivity index (χ2n) is 5.09. The molecule has 5 nitrogen and oxygen atoms in total. The maximum absolute atomic E-state index is 11.8. The zero-order valence-electron chi connectivity index (χ0n) is 10.8. The second-order valence-corrected chi connectivity index (χ2v) is 7.32. The Balaban J connectivity index is 1.59. The summed E-state index contributed by atoms with van der Waals surface area (Å²) in [6, 6.07) is 0. The van der Waals surface area contributed by atoms with Crippen molar-refractivity contribution >= 4 is 9.84 Å². The Labute approximate surface area is 109 Å². The minimum absolute atomic E-state index is 0.0758. The highest BCUT2D eigenvalue weighted by Crippen LogP contribution is 2.14. The van der Waals surface area contributed by atoms with Crippen molar-refractivity contribution in [3.8, 4) is 0 Å². The van der Waals surface area contributed by atoms with Gasteiger partial charge in [-0.15, -0.1) is 0 Å². The Kier molecular flexibility index (Phi) is 5.41. The van der Waals surface area contributed by atoms with Gasteiger partial charge in [0.1, 0.15) is 0 Å². The van der Waals surface area contributed by atoms with Gasteiger partial charge in [0.2, 0.25) is 0 Å². The molecule has 106 valence electrons. The molecule has 0 amide bonds. The fraction of sp³-hybridized carbons (Fsp3) is 1.00. The van der Waals surface area contributed by atoms with Crippen LogP contribution in [-0.4, -0.2) is 58.4 Å². The minimum atomic E-state index is -2.99. The lowest BCUT2D eigenvalue weighted by Crippen LogP contribution is -2.32. The number of nitrogens with one attached hydrogen (secondary N) is 1. The van der Waals surface area contributed by atoms with Crippen LogP contribution in [0.5, 0.6) is 0 Å². The molecule has 0 bridgehead atoms. The van der Waals surface area contributed by atoms with Gasteiger partial charge in [0.05, 0.1) is 23.7 Å². The largest absolute Gasteiger partial charge is 0.377 e. The predicted molar refractivity (Wildman–Crippen MR) is 69.5 cm³/mol. The van der Waals surface area contributed by atoms with E-state index >= 15 is 0 Å². The van der Waals surface area contributed by atoms with Crippen LogP contribution >= 0.6 is 0 Å². The molecule has 0 aromatic heterocycles. The van der Waals surface area contributed by atoms with Crippen LogP contribution in [0.25, 0.3) is 0 Å². The highest BCUT2D eigenvalue weighted by Gasteiger charge is 2.23. The fourth-order valence-corrected chi connectivity index (χ4v) is 3.89. The summed E-state index contributed by atoms with van der Waals surface area (Å²) in [6.07, 6.45) is 4.25. The Morgan fingerprint density at radius 2 is 1.72 bits per heavy atom. The Morgan fingerprint density at radius 1 is 1.06 bits per heavy atom. The fourth-order valence-electron chi connectivity index (χ4n) is 2.44. The number of ether oxygens (including phenoxy) is 2. The molecule has 0 aromatic carbocycles. The summed E-state index contributed by atoms with van der Waals surface area (Å²) < 4.78 is 34.5. The molecule has 0 radical (unpaired) electrons. The van der Waals surface area contributed by atoms with Crippen molar-refractivity contribution in [1.82, 2.24) is 5.32 Å². The zero-order valence-corrected chi connectivity index (χ0v) is 11.6. The lowest BCUT2D eigenvalue weighted by Gasteiger charge is -2.12. The van der Waals surface area contributed by atoms with Gasteiger partial charge in [-0.3, -0.25) is 0 Å². The molecule has 0 spiro atoms. The van der Waals surface area contributed by atoms with E-state index in [9.17, 15) is 8.42 Å². The highest BCUT2D eigenvalue weighted by atomic mass is 32.2. The topological polar surface area (TPSA) is 64.6 Å². The van der Waals surface area contributed by atoms with Gasteiger partial charge in [-0.05, 0) is 25.7 Å². The van der Waals surface area contributed by atoms with Crippen LogP contribution in [0.1, 0.15) is 25.7 Å². The van der Waals surface area contributed by atoms with E-state index in [2.05, 4.69) is 5.32 Å². The van der Waals surface area contributed by atoms with E-state index in [-0.39, 0.29) is 23.7 Å². The molecule has 6 heteroatoms. The van der Waals surface area contributed by atoms with Crippen LogP contribution in [-0.2, 0) is 19.3 Å². The normalized spacial score (nSPS) is 28.9. The molecule has 0 aromatic rings. The van der Waals surface area contributed by atoms with E-state index in [0.29, 0.717) is 13.2 Å². The average molecular weight is 277 g/mol. The van der Waals surface area contributed by atoms with Crippen molar-refractivity contribution in [3.05, 3.63) is 0 Å². The Morgan fingerprint density at radius 3 is 2.33 bits per heavy atom. The summed E-state index contributed by atoms with van der Waals surface area (Å²) in [5.74, 6) is 0.369. The molecular formula is C12H23NO4S. The molecule has 2 unspecified atom stereocenters. The van der Waals surface area contributed by atoms with Crippen molar-refractivity contribution in [2.24, 2.45) is 0 Å². The van der Waals surface area contributed by atoms with E-state index in [1.54, 1.807) is 0 Å². The molecule has 2 atom stereocenters. The predicted octanol–water partition coefficient (Wildman–Crippen LogP) is 0.349. The van der Waals surface area contributed by atoms with E-state index in [1.165, 1.54) is 0 Å². The standard InChI is InChI=1S/C12H23NO4S/c14-18(15,10-12-4-2-7-17-12)8-5-13-9-11-3-1-6-16-11/h11-13H,1-10H2. The third kappa shape index (κ3) is 4.84. The first-order valence-electron chi connectivity index (χ1n) is 6.80. The first-order valence-corrected chi connectivity index (χ1v) is 8.62. The summed E-state index contributed by atoms with van der Waals surface area (Å²) >= 11 is 0. The molecule has 18 heavy (non-hydrogen) atoms. The molecule has 1 N–H and O–H groups in total. The van der Waals surface area contributed by atoms with Gasteiger partial charge < -0.3 is 14.8 Å². The van der Waals surface area contributed by atoms with Gasteiger partial charge >= 0.3 is 0 Å². The Hall–Kier alpha value is -0.170. The van der Waals surface area contributed by atoms with E-state index in [4.69, 9.17) is 9.47 Å². The quantitative estimate of drug-likeness (QED) is 0.680. The molecular weight excluding hydrogens is 254 g/mol. The zero-order chi connectivity index (χ0) is 12.8. The average Bonchev–Trinajstić information content (AvgIpc) is 2.96. The highest BCUT2D eigenvalue weighted by molar-refractivity contribution is 7.91. The van der Waals surface area contributed by atoms with Crippen LogP contribution in [0.2, 0.25) is 0 Å². The van der Waals surface area contributed by atoms with Gasteiger partial charge in [0, 0.05) is 26.3 Å². The molecule has 0 saturated carbocycles. The molecule has 2 aliphatic rings. The summed E-state index contributed by atoms with van der Waals surface area (Å²) in [5.41, 5.74) is 0. The van der Waals surface area contributed by atoms with Crippen molar-refractivity contribution in [1.29, 1.82) is 0 Å². The lowest BCUT2D eigenvalue weighted by molar-refractivity contribution is 0.110. The van der Waals surface area contributed by atoms with Crippen molar-refractivity contribution in [3.63, 3.8) is 0 Å². The van der Waals surface area contributed by atoms with Crippen molar-refractivity contribution in [2.75, 3.05) is 37.8 Å². The number of rotatable bonds is 7. The monoisotopic (exact) mass is 277 g/mol. The van der Waals surface area contributed by atoms with Gasteiger partial charge in [-0.1, -0.05) is 0 Å². The van der Waals surface area contributed by atoms with E-state index in [0.717, 1.165) is 38.8 Å². The second kappa shape index (κ2) is 6.84. The number of hydrogen-bond donors (Lipinski definition) is 1. The summed E-state index contributed by atoms with van der Waals surface area (Å²) in [5, 5.41) is 3.16. The van der Waals surface area contributed by atoms with Gasteiger partial charge in [0.15, 0.2) is 9.84 Å². The number of hydrogen-bond acceptors (Lipinski definition) is 5. The maximum Gasteiger partial charge on any atom is 0.154 e. The molecule has 0 aliphatic carbocycles. The van der Waals surface area contributed by atoms with Crippen LogP contribution in [0.4, 0.5) is 0 Å². The van der Waals surface area contributed by atoms with Crippen LogP contribution in [0.15, 0.2) is 0 Å². The first-order chi connectivity index (χ1) is 8.66. The van der Waals surface area contributed by atoms with E-state index < -0.39 is 9.84 Å². The summed E-state index contributed by atoms with van der Waals surface area (Å²) in [4.78, 5) is 0. The van der Waals surface area contributed by atoms with Crippen molar-refractivity contribution in [2.45, 2.75) is 37.9 Å².